The number of benzene rings is 1. The van der Waals surface area contributed by atoms with Crippen molar-refractivity contribution in [3.8, 4) is 5.75 Å². The number of unbranched alkanes of at least 4 members (excludes halogenated alkanes) is 2. The van der Waals surface area contributed by atoms with Gasteiger partial charge in [0.05, 0.1) is 0 Å². The summed E-state index contributed by atoms with van der Waals surface area (Å²) in [5, 5.41) is 9.03. The van der Waals surface area contributed by atoms with Gasteiger partial charge in [-0.05, 0) is 30.5 Å². The van der Waals surface area contributed by atoms with Gasteiger partial charge in [0.25, 0.3) is 0 Å². The van der Waals surface area contributed by atoms with Crippen LogP contribution in [0.5, 0.6) is 5.75 Å². The SMILES string of the molecule is CCCCCc1ccc(O)cc1.[H-].[K+]. The molecule has 1 aromatic carbocycles. The van der Waals surface area contributed by atoms with E-state index in [2.05, 4.69) is 6.92 Å². The van der Waals surface area contributed by atoms with Crippen molar-refractivity contribution in [1.82, 2.24) is 0 Å². The third kappa shape index (κ3) is 5.86. The van der Waals surface area contributed by atoms with Crippen molar-refractivity contribution in [3.05, 3.63) is 29.8 Å². The summed E-state index contributed by atoms with van der Waals surface area (Å²) in [6, 6.07) is 7.48. The first kappa shape index (κ1) is 13.7. The van der Waals surface area contributed by atoms with Crippen LogP contribution in [-0.2, 0) is 6.42 Å². The maximum atomic E-state index is 9.03. The first-order valence-electron chi connectivity index (χ1n) is 4.61. The Balaban J connectivity index is 0. The predicted octanol–water partition coefficient (Wildman–Crippen LogP) is 0.241. The molecule has 0 radical (unpaired) electrons. The minimum absolute atomic E-state index is 0. The van der Waals surface area contributed by atoms with Crippen molar-refractivity contribution in [2.75, 3.05) is 0 Å². The second-order valence-electron chi connectivity index (χ2n) is 3.12. The maximum absolute atomic E-state index is 9.03. The van der Waals surface area contributed by atoms with E-state index in [0.717, 1.165) is 6.42 Å². The summed E-state index contributed by atoms with van der Waals surface area (Å²) in [6.45, 7) is 2.21. The van der Waals surface area contributed by atoms with Crippen molar-refractivity contribution in [3.63, 3.8) is 0 Å². The van der Waals surface area contributed by atoms with E-state index in [1.54, 1.807) is 12.1 Å². The number of hydrogen-bond donors (Lipinski definition) is 1. The molecule has 68 valence electrons. The molecule has 2 heteroatoms. The van der Waals surface area contributed by atoms with E-state index in [4.69, 9.17) is 5.11 Å². The standard InChI is InChI=1S/C11H16O.K.H/c1-2-3-4-5-10-6-8-11(12)9-7-10;;/h6-9,12H,2-5H2,1H3;;/q;+1;-1. The predicted molar refractivity (Wildman–Crippen MR) is 52.4 cm³/mol. The van der Waals surface area contributed by atoms with Crippen molar-refractivity contribution in [1.29, 1.82) is 0 Å². The molecule has 0 saturated carbocycles. The Kier molecular flexibility index (Phi) is 8.41. The van der Waals surface area contributed by atoms with E-state index < -0.39 is 0 Å². The number of aromatic hydroxyl groups is 1. The van der Waals surface area contributed by atoms with Gasteiger partial charge < -0.3 is 6.53 Å². The van der Waals surface area contributed by atoms with Crippen LogP contribution in [0.25, 0.3) is 0 Å². The van der Waals surface area contributed by atoms with Gasteiger partial charge >= 0.3 is 51.4 Å². The third-order valence-electron chi connectivity index (χ3n) is 2.01. The average Bonchev–Trinajstić information content (AvgIpc) is 2.09. The molecular formula is C11H17KO. The molecule has 13 heavy (non-hydrogen) atoms. The molecule has 0 bridgehead atoms. The van der Waals surface area contributed by atoms with Crippen molar-refractivity contribution < 1.29 is 57.9 Å². The van der Waals surface area contributed by atoms with Crippen LogP contribution in [0.1, 0.15) is 33.2 Å². The van der Waals surface area contributed by atoms with Crippen molar-refractivity contribution in [2.24, 2.45) is 0 Å². The maximum Gasteiger partial charge on any atom is 1.00 e. The normalized spacial score (nSPS) is 9.31. The Morgan fingerprint density at radius 3 is 2.31 bits per heavy atom. The van der Waals surface area contributed by atoms with Crippen LogP contribution in [0, 0.1) is 0 Å². The summed E-state index contributed by atoms with van der Waals surface area (Å²) in [5.74, 6) is 0.356. The molecule has 0 saturated heterocycles. The molecule has 0 aliphatic heterocycles. The quantitative estimate of drug-likeness (QED) is 0.550. The summed E-state index contributed by atoms with van der Waals surface area (Å²) in [6.07, 6.45) is 4.94. The van der Waals surface area contributed by atoms with E-state index in [9.17, 15) is 0 Å². The zero-order valence-corrected chi connectivity index (χ0v) is 11.7. The topological polar surface area (TPSA) is 20.2 Å². The van der Waals surface area contributed by atoms with Crippen LogP contribution >= 0.6 is 0 Å². The summed E-state index contributed by atoms with van der Waals surface area (Å²) >= 11 is 0. The molecule has 0 atom stereocenters. The Labute approximate surface area is 124 Å². The number of phenolic OH excluding ortho intramolecular Hbond substituents is 1. The Bertz CT molecular complexity index is 223. The third-order valence-corrected chi connectivity index (χ3v) is 2.01. The molecule has 1 N–H and O–H groups in total. The van der Waals surface area contributed by atoms with Gasteiger partial charge in [-0.1, -0.05) is 31.9 Å². The summed E-state index contributed by atoms with van der Waals surface area (Å²) in [5.41, 5.74) is 1.32. The first-order valence-corrected chi connectivity index (χ1v) is 4.61. The Hall–Kier alpha value is 0.656. The fourth-order valence-electron chi connectivity index (χ4n) is 1.24. The first-order chi connectivity index (χ1) is 5.83. The number of phenols is 1. The minimum Gasteiger partial charge on any atom is -1.00 e. The second-order valence-corrected chi connectivity index (χ2v) is 3.12. The zero-order chi connectivity index (χ0) is 8.81. The van der Waals surface area contributed by atoms with Gasteiger partial charge in [-0.25, -0.2) is 0 Å². The van der Waals surface area contributed by atoms with E-state index in [-0.39, 0.29) is 52.8 Å². The van der Waals surface area contributed by atoms with Gasteiger partial charge in [0.2, 0.25) is 0 Å². The van der Waals surface area contributed by atoms with Gasteiger partial charge in [0.15, 0.2) is 0 Å². The van der Waals surface area contributed by atoms with Crippen molar-refractivity contribution >= 4 is 0 Å². The summed E-state index contributed by atoms with van der Waals surface area (Å²) in [4.78, 5) is 0. The van der Waals surface area contributed by atoms with E-state index in [1.807, 2.05) is 12.1 Å². The molecule has 1 rings (SSSR count). The second kappa shape index (κ2) is 8.01. The Morgan fingerprint density at radius 2 is 1.77 bits per heavy atom. The molecule has 0 fully saturated rings. The van der Waals surface area contributed by atoms with Crippen LogP contribution in [0.3, 0.4) is 0 Å². The molecule has 0 amide bonds. The Morgan fingerprint density at radius 1 is 1.15 bits per heavy atom. The van der Waals surface area contributed by atoms with E-state index in [1.165, 1.54) is 24.8 Å². The number of hydrogen-bond acceptors (Lipinski definition) is 1. The smallest absolute Gasteiger partial charge is 1.00 e. The molecule has 1 nitrogen and oxygen atoms in total. The zero-order valence-electron chi connectivity index (χ0n) is 9.59. The van der Waals surface area contributed by atoms with Crippen LogP contribution < -0.4 is 51.4 Å². The molecule has 0 aliphatic rings. The largest absolute Gasteiger partial charge is 1.00 e. The van der Waals surface area contributed by atoms with Gasteiger partial charge in [-0.3, -0.25) is 0 Å². The van der Waals surface area contributed by atoms with E-state index >= 15 is 0 Å². The van der Waals surface area contributed by atoms with Crippen LogP contribution in [0.2, 0.25) is 0 Å². The van der Waals surface area contributed by atoms with Crippen LogP contribution in [0.15, 0.2) is 24.3 Å². The molecule has 1 aromatic rings. The molecule has 0 unspecified atom stereocenters. The summed E-state index contributed by atoms with van der Waals surface area (Å²) < 4.78 is 0. The van der Waals surface area contributed by atoms with E-state index in [0.29, 0.717) is 5.75 Å². The fourth-order valence-corrected chi connectivity index (χ4v) is 1.24. The molecular weight excluding hydrogens is 187 g/mol. The molecule has 0 aliphatic carbocycles. The number of rotatable bonds is 4. The fraction of sp³-hybridized carbons (Fsp3) is 0.455. The molecule has 0 heterocycles. The van der Waals surface area contributed by atoms with Gasteiger partial charge in [0, 0.05) is 0 Å². The minimum atomic E-state index is 0. The number of aryl methyl sites for hydroxylation is 1. The molecule has 0 aromatic heterocycles. The van der Waals surface area contributed by atoms with Gasteiger partial charge in [-0.15, -0.1) is 0 Å². The average molecular weight is 204 g/mol. The van der Waals surface area contributed by atoms with Crippen LogP contribution in [0.4, 0.5) is 0 Å². The molecule has 0 spiro atoms. The summed E-state index contributed by atoms with van der Waals surface area (Å²) in [7, 11) is 0. The van der Waals surface area contributed by atoms with Crippen LogP contribution in [-0.4, -0.2) is 5.11 Å². The van der Waals surface area contributed by atoms with Gasteiger partial charge in [0.1, 0.15) is 5.75 Å². The van der Waals surface area contributed by atoms with Gasteiger partial charge in [-0.2, -0.15) is 0 Å². The monoisotopic (exact) mass is 204 g/mol. The van der Waals surface area contributed by atoms with Crippen molar-refractivity contribution in [2.45, 2.75) is 32.6 Å².